The number of hydrogen-bond donors (Lipinski definition) is 0. The zero-order valence-electron chi connectivity index (χ0n) is 23.9. The van der Waals surface area contributed by atoms with Crippen molar-refractivity contribution in [1.29, 1.82) is 0 Å². The van der Waals surface area contributed by atoms with Crippen molar-refractivity contribution in [3.8, 4) is 11.8 Å². The third-order valence-electron chi connectivity index (χ3n) is 6.37. The van der Waals surface area contributed by atoms with Gasteiger partial charge in [-0.3, -0.25) is 0 Å². The summed E-state index contributed by atoms with van der Waals surface area (Å²) in [6.07, 6.45) is 13.5. The van der Waals surface area contributed by atoms with Crippen molar-refractivity contribution in [2.75, 3.05) is 6.61 Å². The fourth-order valence-electron chi connectivity index (χ4n) is 4.49. The van der Waals surface area contributed by atoms with Gasteiger partial charge in [0.2, 0.25) is 0 Å². The van der Waals surface area contributed by atoms with Crippen molar-refractivity contribution in [3.05, 3.63) is 35.9 Å². The maximum atomic E-state index is 6.49. The molecule has 4 nitrogen and oxygen atoms in total. The lowest BCUT2D eigenvalue weighted by Gasteiger charge is -2.38. The van der Waals surface area contributed by atoms with Crippen molar-refractivity contribution in [2.24, 2.45) is 0 Å². The molecule has 1 aromatic rings. The Morgan fingerprint density at radius 3 is 2.31 bits per heavy atom. The van der Waals surface area contributed by atoms with Crippen molar-refractivity contribution in [2.45, 2.75) is 142 Å². The minimum Gasteiger partial charge on any atom is -0.415 e. The van der Waals surface area contributed by atoms with Crippen LogP contribution in [0.5, 0.6) is 0 Å². The van der Waals surface area contributed by atoms with E-state index in [1.165, 1.54) is 57.8 Å². The molecule has 3 atom stereocenters. The Morgan fingerprint density at radius 1 is 0.972 bits per heavy atom. The first-order chi connectivity index (χ1) is 17.2. The largest absolute Gasteiger partial charge is 0.415 e. The van der Waals surface area contributed by atoms with Gasteiger partial charge in [0.05, 0.1) is 13.2 Å². The van der Waals surface area contributed by atoms with E-state index in [0.717, 1.165) is 18.4 Å². The third kappa shape index (κ3) is 14.0. The van der Waals surface area contributed by atoms with Crippen molar-refractivity contribution in [3.63, 3.8) is 0 Å². The molecule has 1 unspecified atom stereocenters. The maximum absolute atomic E-state index is 6.49. The molecule has 1 fully saturated rings. The van der Waals surface area contributed by atoms with Crippen LogP contribution in [-0.4, -0.2) is 39.0 Å². The predicted molar refractivity (Wildman–Crippen MR) is 152 cm³/mol. The molecular formula is C31H52O4Si. The number of rotatable bonds is 16. The number of ether oxygens (including phenoxy) is 3. The highest BCUT2D eigenvalue weighted by molar-refractivity contribution is 6.69. The fraction of sp³-hybridized carbons (Fsp3) is 0.742. The lowest BCUT2D eigenvalue weighted by molar-refractivity contribution is -0.298. The summed E-state index contributed by atoms with van der Waals surface area (Å²) in [6, 6.07) is 10.2. The molecule has 0 radical (unpaired) electrons. The second-order valence-electron chi connectivity index (χ2n) is 11.6. The molecule has 1 aliphatic heterocycles. The molecule has 0 N–H and O–H groups in total. The molecule has 36 heavy (non-hydrogen) atoms. The van der Waals surface area contributed by atoms with Crippen molar-refractivity contribution in [1.82, 2.24) is 0 Å². The highest BCUT2D eigenvalue weighted by Gasteiger charge is 2.36. The molecule has 1 aromatic carbocycles. The van der Waals surface area contributed by atoms with Gasteiger partial charge in [-0.15, -0.1) is 5.92 Å². The average molecular weight is 517 g/mol. The molecular weight excluding hydrogens is 464 g/mol. The molecule has 5 heteroatoms. The van der Waals surface area contributed by atoms with E-state index >= 15 is 0 Å². The standard InChI is InChI=1S/C31H52O4Si/c1-7-8-9-17-22-28(35-36(4,5)6)23-18-12-10-11-13-19-24-29-30(26-33-31(2,3)34-29)32-25-27-20-15-14-16-21-27/h14-16,20-21,28-30H,7-13,17-18,22-23,25-26H2,1-6H3/t28?,29-,30-/m0/s1. The maximum Gasteiger partial charge on any atom is 0.184 e. The zero-order valence-corrected chi connectivity index (χ0v) is 24.9. The summed E-state index contributed by atoms with van der Waals surface area (Å²) >= 11 is 0. The topological polar surface area (TPSA) is 36.9 Å². The minimum absolute atomic E-state index is 0.175. The molecule has 0 bridgehead atoms. The molecule has 1 aliphatic rings. The van der Waals surface area contributed by atoms with Crippen LogP contribution in [0.25, 0.3) is 0 Å². The van der Waals surface area contributed by atoms with Gasteiger partial charge in [0.15, 0.2) is 14.1 Å². The summed E-state index contributed by atoms with van der Waals surface area (Å²) in [7, 11) is -1.48. The van der Waals surface area contributed by atoms with Gasteiger partial charge in [-0.2, -0.15) is 0 Å². The molecule has 1 heterocycles. The second kappa shape index (κ2) is 16.6. The first-order valence-corrected chi connectivity index (χ1v) is 17.7. The minimum atomic E-state index is -1.48. The number of unbranched alkanes of at least 4 members (excludes halogenated alkanes) is 7. The summed E-state index contributed by atoms with van der Waals surface area (Å²) in [5.74, 6) is 6.07. The molecule has 2 rings (SSSR count). The Hall–Kier alpha value is -1.16. The van der Waals surface area contributed by atoms with Gasteiger partial charge >= 0.3 is 0 Å². The molecule has 204 valence electrons. The molecule has 0 aromatic heterocycles. The highest BCUT2D eigenvalue weighted by atomic mass is 28.4. The van der Waals surface area contributed by atoms with E-state index < -0.39 is 14.1 Å². The number of benzene rings is 1. The van der Waals surface area contributed by atoms with Gasteiger partial charge in [-0.05, 0) is 58.3 Å². The van der Waals surface area contributed by atoms with Crippen LogP contribution in [0.3, 0.4) is 0 Å². The van der Waals surface area contributed by atoms with Crippen LogP contribution in [0.15, 0.2) is 30.3 Å². The second-order valence-corrected chi connectivity index (χ2v) is 16.0. The van der Waals surface area contributed by atoms with Gasteiger partial charge in [-0.25, -0.2) is 0 Å². The quantitative estimate of drug-likeness (QED) is 0.126. The molecule has 0 amide bonds. The first-order valence-electron chi connectivity index (χ1n) is 14.3. The Balaban J connectivity index is 1.70. The summed E-state index contributed by atoms with van der Waals surface area (Å²) in [5.41, 5.74) is 1.15. The molecule has 0 spiro atoms. The lowest BCUT2D eigenvalue weighted by atomic mass is 10.0. The van der Waals surface area contributed by atoms with E-state index in [-0.39, 0.29) is 12.2 Å². The summed E-state index contributed by atoms with van der Waals surface area (Å²) in [6.45, 7) is 14.1. The monoisotopic (exact) mass is 516 g/mol. The third-order valence-corrected chi connectivity index (χ3v) is 7.41. The van der Waals surface area contributed by atoms with E-state index in [1.54, 1.807) is 0 Å². The Morgan fingerprint density at radius 2 is 1.64 bits per heavy atom. The van der Waals surface area contributed by atoms with Gasteiger partial charge in [0.1, 0.15) is 12.2 Å². The van der Waals surface area contributed by atoms with Crippen LogP contribution in [0.1, 0.15) is 97.0 Å². The lowest BCUT2D eigenvalue weighted by Crippen LogP contribution is -2.49. The summed E-state index contributed by atoms with van der Waals surface area (Å²) in [4.78, 5) is 0. The zero-order chi connectivity index (χ0) is 26.3. The fourth-order valence-corrected chi connectivity index (χ4v) is 5.73. The SMILES string of the molecule is CCCCCCC(CCCCCCC#C[C@@H]1OC(C)(C)OC[C@@H]1OCc1ccccc1)O[Si](C)(C)C. The average Bonchev–Trinajstić information content (AvgIpc) is 2.82. The van der Waals surface area contributed by atoms with Gasteiger partial charge in [0, 0.05) is 12.5 Å². The van der Waals surface area contributed by atoms with Crippen LogP contribution in [0, 0.1) is 11.8 Å². The molecule has 1 saturated heterocycles. The summed E-state index contributed by atoms with van der Waals surface area (Å²) in [5, 5.41) is 0. The van der Waals surface area contributed by atoms with Gasteiger partial charge in [-0.1, -0.05) is 88.1 Å². The van der Waals surface area contributed by atoms with Gasteiger partial charge in [0.25, 0.3) is 0 Å². The molecule has 0 saturated carbocycles. The predicted octanol–water partition coefficient (Wildman–Crippen LogP) is 8.26. The van der Waals surface area contributed by atoms with Crippen LogP contribution >= 0.6 is 0 Å². The first kappa shape index (κ1) is 31.1. The van der Waals surface area contributed by atoms with Crippen LogP contribution < -0.4 is 0 Å². The normalized spacial score (nSPS) is 20.5. The van der Waals surface area contributed by atoms with E-state index in [4.69, 9.17) is 18.6 Å². The van der Waals surface area contributed by atoms with Crippen molar-refractivity contribution >= 4 is 8.32 Å². The van der Waals surface area contributed by atoms with E-state index in [1.807, 2.05) is 32.0 Å². The van der Waals surface area contributed by atoms with E-state index in [9.17, 15) is 0 Å². The van der Waals surface area contributed by atoms with Crippen LogP contribution in [0.2, 0.25) is 19.6 Å². The van der Waals surface area contributed by atoms with Gasteiger partial charge < -0.3 is 18.6 Å². The van der Waals surface area contributed by atoms with E-state index in [0.29, 0.717) is 19.3 Å². The Bertz CT molecular complexity index is 762. The Labute approximate surface area is 223 Å². The molecule has 0 aliphatic carbocycles. The smallest absolute Gasteiger partial charge is 0.184 e. The number of hydrogen-bond acceptors (Lipinski definition) is 4. The highest BCUT2D eigenvalue weighted by Crippen LogP contribution is 2.25. The summed E-state index contributed by atoms with van der Waals surface area (Å²) < 4.78 is 24.5. The van der Waals surface area contributed by atoms with Crippen LogP contribution in [0.4, 0.5) is 0 Å². The van der Waals surface area contributed by atoms with E-state index in [2.05, 4.69) is 50.5 Å². The van der Waals surface area contributed by atoms with Crippen LogP contribution in [-0.2, 0) is 25.2 Å². The Kier molecular flexibility index (Phi) is 14.3. The van der Waals surface area contributed by atoms with Crippen molar-refractivity contribution < 1.29 is 18.6 Å².